The Labute approximate surface area is 117 Å². The molecule has 0 aromatic carbocycles. The van der Waals surface area contributed by atoms with E-state index >= 15 is 0 Å². The maximum atomic E-state index is 3.79. The van der Waals surface area contributed by atoms with Gasteiger partial charge in [0.1, 0.15) is 0 Å². The van der Waals surface area contributed by atoms with E-state index in [2.05, 4.69) is 42.7 Å². The number of hydrogen-bond donors (Lipinski definition) is 1. The van der Waals surface area contributed by atoms with Crippen molar-refractivity contribution in [2.24, 2.45) is 5.92 Å². The van der Waals surface area contributed by atoms with Gasteiger partial charge in [0.2, 0.25) is 0 Å². The third kappa shape index (κ3) is 3.43. The Bertz CT molecular complexity index is 241. The average molecular weight is 270 g/mol. The SMILES string of the molecule is CCC(C)C1CN(C2CCSCC2)C(CC)CN1. The molecule has 3 unspecified atom stereocenters. The Hall–Kier alpha value is 0.270. The highest BCUT2D eigenvalue weighted by atomic mass is 32.2. The summed E-state index contributed by atoms with van der Waals surface area (Å²) in [7, 11) is 0. The summed E-state index contributed by atoms with van der Waals surface area (Å²) in [5.74, 6) is 3.56. The van der Waals surface area contributed by atoms with Crippen LogP contribution in [-0.2, 0) is 0 Å². The van der Waals surface area contributed by atoms with Gasteiger partial charge in [-0.25, -0.2) is 0 Å². The summed E-state index contributed by atoms with van der Waals surface area (Å²) in [6.45, 7) is 9.55. The van der Waals surface area contributed by atoms with Gasteiger partial charge in [-0.05, 0) is 36.7 Å². The molecule has 0 amide bonds. The molecule has 2 aliphatic heterocycles. The van der Waals surface area contributed by atoms with Crippen LogP contribution in [0.4, 0.5) is 0 Å². The van der Waals surface area contributed by atoms with Crippen LogP contribution >= 0.6 is 11.8 Å². The lowest BCUT2D eigenvalue weighted by atomic mass is 9.93. The van der Waals surface area contributed by atoms with Crippen molar-refractivity contribution in [3.63, 3.8) is 0 Å². The third-order valence-electron chi connectivity index (χ3n) is 4.95. The predicted molar refractivity (Wildman–Crippen MR) is 82.4 cm³/mol. The molecule has 0 aromatic heterocycles. The molecule has 106 valence electrons. The maximum Gasteiger partial charge on any atom is 0.0221 e. The molecule has 2 aliphatic rings. The van der Waals surface area contributed by atoms with Crippen LogP contribution in [0.1, 0.15) is 46.5 Å². The summed E-state index contributed by atoms with van der Waals surface area (Å²) in [4.78, 5) is 2.85. The number of rotatable bonds is 4. The average Bonchev–Trinajstić information content (AvgIpc) is 2.46. The van der Waals surface area contributed by atoms with Crippen molar-refractivity contribution in [1.82, 2.24) is 10.2 Å². The Morgan fingerprint density at radius 1 is 1.28 bits per heavy atom. The van der Waals surface area contributed by atoms with Crippen molar-refractivity contribution in [3.8, 4) is 0 Å². The lowest BCUT2D eigenvalue weighted by molar-refractivity contribution is 0.0601. The highest BCUT2D eigenvalue weighted by Crippen LogP contribution is 2.27. The Balaban J connectivity index is 1.98. The summed E-state index contributed by atoms with van der Waals surface area (Å²) in [5.41, 5.74) is 0. The molecule has 0 radical (unpaired) electrons. The van der Waals surface area contributed by atoms with Crippen molar-refractivity contribution in [2.75, 3.05) is 24.6 Å². The van der Waals surface area contributed by atoms with Gasteiger partial charge in [0, 0.05) is 31.2 Å². The van der Waals surface area contributed by atoms with E-state index in [1.165, 1.54) is 50.3 Å². The first-order valence-electron chi connectivity index (χ1n) is 7.83. The van der Waals surface area contributed by atoms with Gasteiger partial charge in [0.25, 0.3) is 0 Å². The van der Waals surface area contributed by atoms with Crippen LogP contribution in [0.3, 0.4) is 0 Å². The molecule has 0 bridgehead atoms. The number of piperazine rings is 1. The van der Waals surface area contributed by atoms with E-state index in [1.54, 1.807) is 0 Å². The first-order valence-corrected chi connectivity index (χ1v) is 8.98. The van der Waals surface area contributed by atoms with Gasteiger partial charge in [-0.15, -0.1) is 0 Å². The van der Waals surface area contributed by atoms with Gasteiger partial charge in [0.05, 0.1) is 0 Å². The number of hydrogen-bond acceptors (Lipinski definition) is 3. The fraction of sp³-hybridized carbons (Fsp3) is 1.00. The van der Waals surface area contributed by atoms with E-state index in [-0.39, 0.29) is 0 Å². The van der Waals surface area contributed by atoms with E-state index in [1.807, 2.05) is 0 Å². The second-order valence-corrected chi connectivity index (χ2v) is 7.23. The van der Waals surface area contributed by atoms with Crippen LogP contribution in [0, 0.1) is 5.92 Å². The standard InChI is InChI=1S/C15H30N2S/c1-4-12(3)15-11-17(13(5-2)10-16-15)14-6-8-18-9-7-14/h12-16H,4-11H2,1-3H3. The lowest BCUT2D eigenvalue weighted by Gasteiger charge is -2.47. The van der Waals surface area contributed by atoms with Crippen molar-refractivity contribution < 1.29 is 0 Å². The van der Waals surface area contributed by atoms with Gasteiger partial charge >= 0.3 is 0 Å². The van der Waals surface area contributed by atoms with Crippen LogP contribution in [0.5, 0.6) is 0 Å². The minimum absolute atomic E-state index is 0.715. The smallest absolute Gasteiger partial charge is 0.0221 e. The van der Waals surface area contributed by atoms with E-state index in [9.17, 15) is 0 Å². The first-order chi connectivity index (χ1) is 8.76. The summed E-state index contributed by atoms with van der Waals surface area (Å²) < 4.78 is 0. The Kier molecular flexibility index (Phi) is 5.84. The zero-order valence-electron chi connectivity index (χ0n) is 12.3. The molecule has 1 N–H and O–H groups in total. The number of nitrogens with one attached hydrogen (secondary N) is 1. The number of thioether (sulfide) groups is 1. The molecule has 2 heterocycles. The van der Waals surface area contributed by atoms with E-state index in [0.717, 1.165) is 18.0 Å². The predicted octanol–water partition coefficient (Wildman–Crippen LogP) is 2.98. The van der Waals surface area contributed by atoms with Crippen LogP contribution in [-0.4, -0.2) is 47.6 Å². The minimum atomic E-state index is 0.715. The van der Waals surface area contributed by atoms with Gasteiger partial charge in [0.15, 0.2) is 0 Å². The fourth-order valence-electron chi connectivity index (χ4n) is 3.35. The molecule has 2 rings (SSSR count). The van der Waals surface area contributed by atoms with Gasteiger partial charge in [-0.1, -0.05) is 27.2 Å². The van der Waals surface area contributed by atoms with E-state index < -0.39 is 0 Å². The highest BCUT2D eigenvalue weighted by Gasteiger charge is 2.33. The van der Waals surface area contributed by atoms with Crippen LogP contribution in [0.2, 0.25) is 0 Å². The molecule has 2 fully saturated rings. The Morgan fingerprint density at radius 3 is 2.61 bits per heavy atom. The number of nitrogens with zero attached hydrogens (tertiary/aromatic N) is 1. The molecule has 2 nitrogen and oxygen atoms in total. The molecule has 3 atom stereocenters. The van der Waals surface area contributed by atoms with E-state index in [0.29, 0.717) is 6.04 Å². The molecule has 0 aromatic rings. The second kappa shape index (κ2) is 7.16. The molecule has 18 heavy (non-hydrogen) atoms. The van der Waals surface area contributed by atoms with Crippen LogP contribution in [0.25, 0.3) is 0 Å². The molecule has 0 saturated carbocycles. The maximum absolute atomic E-state index is 3.79. The molecule has 0 aliphatic carbocycles. The normalized spacial score (nSPS) is 33.5. The molecule has 2 saturated heterocycles. The topological polar surface area (TPSA) is 15.3 Å². The quantitative estimate of drug-likeness (QED) is 0.845. The van der Waals surface area contributed by atoms with E-state index in [4.69, 9.17) is 0 Å². The van der Waals surface area contributed by atoms with Crippen molar-refractivity contribution in [3.05, 3.63) is 0 Å². The van der Waals surface area contributed by atoms with Crippen molar-refractivity contribution >= 4 is 11.8 Å². The van der Waals surface area contributed by atoms with Crippen LogP contribution in [0.15, 0.2) is 0 Å². The largest absolute Gasteiger partial charge is 0.311 e. The van der Waals surface area contributed by atoms with Crippen molar-refractivity contribution in [2.45, 2.75) is 64.6 Å². The summed E-state index contributed by atoms with van der Waals surface area (Å²) >= 11 is 2.14. The van der Waals surface area contributed by atoms with Crippen molar-refractivity contribution in [1.29, 1.82) is 0 Å². The minimum Gasteiger partial charge on any atom is -0.311 e. The highest BCUT2D eigenvalue weighted by molar-refractivity contribution is 7.99. The first kappa shape index (κ1) is 14.7. The zero-order chi connectivity index (χ0) is 13.0. The lowest BCUT2D eigenvalue weighted by Crippen LogP contribution is -2.61. The molecule has 3 heteroatoms. The Morgan fingerprint density at radius 2 is 2.00 bits per heavy atom. The third-order valence-corrected chi connectivity index (χ3v) is 6.00. The second-order valence-electron chi connectivity index (χ2n) is 6.00. The van der Waals surface area contributed by atoms with Gasteiger partial charge < -0.3 is 5.32 Å². The molecular weight excluding hydrogens is 240 g/mol. The molecular formula is C15H30N2S. The van der Waals surface area contributed by atoms with Gasteiger partial charge in [-0.2, -0.15) is 11.8 Å². The van der Waals surface area contributed by atoms with Crippen LogP contribution < -0.4 is 5.32 Å². The molecule has 0 spiro atoms. The summed E-state index contributed by atoms with van der Waals surface area (Å²) in [6.07, 6.45) is 5.41. The monoisotopic (exact) mass is 270 g/mol. The zero-order valence-corrected chi connectivity index (χ0v) is 13.1. The fourth-order valence-corrected chi connectivity index (χ4v) is 4.44. The van der Waals surface area contributed by atoms with Gasteiger partial charge in [-0.3, -0.25) is 4.90 Å². The summed E-state index contributed by atoms with van der Waals surface area (Å²) in [5, 5.41) is 3.79. The summed E-state index contributed by atoms with van der Waals surface area (Å²) in [6, 6.07) is 2.36.